The van der Waals surface area contributed by atoms with Crippen molar-refractivity contribution >= 4 is 40.8 Å². The highest BCUT2D eigenvalue weighted by Gasteiger charge is 2.30. The minimum Gasteiger partial charge on any atom is -0.365 e. The Balaban J connectivity index is 1.63. The molecule has 3 aromatic rings. The Morgan fingerprint density at radius 2 is 1.93 bits per heavy atom. The van der Waals surface area contributed by atoms with Crippen LogP contribution in [0.1, 0.15) is 16.1 Å². The predicted octanol–water partition coefficient (Wildman–Crippen LogP) is 4.14. The fourth-order valence-electron chi connectivity index (χ4n) is 3.37. The summed E-state index contributed by atoms with van der Waals surface area (Å²) in [7, 11) is 0. The van der Waals surface area contributed by atoms with Gasteiger partial charge in [-0.1, -0.05) is 35.3 Å². The molecule has 0 unspecified atom stereocenters. The summed E-state index contributed by atoms with van der Waals surface area (Å²) in [6, 6.07) is 10.1. The maximum Gasteiger partial charge on any atom is 0.322 e. The molecular formula is C20H16Cl2FN5O2. The summed E-state index contributed by atoms with van der Waals surface area (Å²) in [4.78, 5) is 26.4. The highest BCUT2D eigenvalue weighted by molar-refractivity contribution is 6.36. The Bertz CT molecular complexity index is 1160. The Labute approximate surface area is 181 Å². The van der Waals surface area contributed by atoms with Gasteiger partial charge in [0.15, 0.2) is 0 Å². The molecule has 0 atom stereocenters. The molecule has 0 saturated heterocycles. The Hall–Kier alpha value is -3.10. The van der Waals surface area contributed by atoms with Crippen molar-refractivity contribution in [3.05, 3.63) is 69.6 Å². The van der Waals surface area contributed by atoms with Gasteiger partial charge in [-0.05, 0) is 30.3 Å². The van der Waals surface area contributed by atoms with Crippen molar-refractivity contribution in [3.8, 4) is 11.3 Å². The summed E-state index contributed by atoms with van der Waals surface area (Å²) in [5.41, 5.74) is 7.41. The summed E-state index contributed by atoms with van der Waals surface area (Å²) in [5, 5.41) is 7.94. The summed E-state index contributed by atoms with van der Waals surface area (Å²) < 4.78 is 15.3. The van der Waals surface area contributed by atoms with Gasteiger partial charge in [-0.25, -0.2) is 9.18 Å². The number of benzene rings is 2. The molecule has 2 aromatic carbocycles. The van der Waals surface area contributed by atoms with E-state index >= 15 is 0 Å². The van der Waals surface area contributed by atoms with Gasteiger partial charge >= 0.3 is 6.03 Å². The van der Waals surface area contributed by atoms with Crippen LogP contribution in [-0.4, -0.2) is 33.2 Å². The maximum atomic E-state index is 13.7. The number of amides is 3. The van der Waals surface area contributed by atoms with Crippen molar-refractivity contribution in [2.45, 2.75) is 13.1 Å². The molecule has 1 aliphatic heterocycles. The van der Waals surface area contributed by atoms with E-state index in [0.29, 0.717) is 45.8 Å². The molecule has 0 fully saturated rings. The van der Waals surface area contributed by atoms with Gasteiger partial charge in [0.25, 0.3) is 5.91 Å². The molecule has 154 valence electrons. The summed E-state index contributed by atoms with van der Waals surface area (Å²) in [6.45, 7) is 0.816. The number of rotatable bonds is 3. The lowest BCUT2D eigenvalue weighted by molar-refractivity contribution is 0.0997. The van der Waals surface area contributed by atoms with Gasteiger partial charge in [-0.15, -0.1) is 0 Å². The fraction of sp³-hybridized carbons (Fsp3) is 0.150. The normalized spacial score (nSPS) is 13.1. The lowest BCUT2D eigenvalue weighted by Crippen LogP contribution is -2.41. The van der Waals surface area contributed by atoms with Crippen molar-refractivity contribution in [3.63, 3.8) is 0 Å². The fourth-order valence-corrected chi connectivity index (χ4v) is 3.83. The Morgan fingerprint density at radius 1 is 1.13 bits per heavy atom. The molecule has 3 amide bonds. The van der Waals surface area contributed by atoms with Crippen LogP contribution in [0.15, 0.2) is 42.5 Å². The van der Waals surface area contributed by atoms with E-state index in [-0.39, 0.29) is 12.1 Å². The first-order chi connectivity index (χ1) is 14.3. The van der Waals surface area contributed by atoms with Crippen LogP contribution in [0.3, 0.4) is 0 Å². The number of nitrogens with one attached hydrogen (secondary N) is 1. The molecule has 4 rings (SSSR count). The number of halogens is 3. The summed E-state index contributed by atoms with van der Waals surface area (Å²) in [5.74, 6) is -1.15. The number of primary amides is 1. The highest BCUT2D eigenvalue weighted by atomic mass is 35.5. The molecular weight excluding hydrogens is 432 g/mol. The van der Waals surface area contributed by atoms with Crippen molar-refractivity contribution in [1.82, 2.24) is 14.7 Å². The van der Waals surface area contributed by atoms with Crippen molar-refractivity contribution < 1.29 is 14.0 Å². The van der Waals surface area contributed by atoms with Gasteiger partial charge in [0.05, 0.1) is 35.1 Å². The zero-order valence-corrected chi connectivity index (χ0v) is 17.0. The number of nitrogens with two attached hydrogens (primary N) is 1. The number of urea groups is 1. The number of carbonyl (C=O) groups excluding carboxylic acids is 2. The largest absolute Gasteiger partial charge is 0.365 e. The number of fused-ring (bicyclic) bond motifs is 1. The van der Waals surface area contributed by atoms with Gasteiger partial charge in [0.2, 0.25) is 0 Å². The maximum absolute atomic E-state index is 13.7. The Kier molecular flexibility index (Phi) is 5.36. The van der Waals surface area contributed by atoms with E-state index in [1.165, 1.54) is 29.2 Å². The first kappa shape index (κ1) is 20.2. The van der Waals surface area contributed by atoms with E-state index < -0.39 is 17.8 Å². The molecule has 0 aliphatic carbocycles. The number of anilines is 1. The van der Waals surface area contributed by atoms with Gasteiger partial charge < -0.3 is 16.0 Å². The van der Waals surface area contributed by atoms with Gasteiger partial charge in [-0.2, -0.15) is 5.10 Å². The third-order valence-corrected chi connectivity index (χ3v) is 5.33. The lowest BCUT2D eigenvalue weighted by atomic mass is 10.0. The zero-order chi connectivity index (χ0) is 21.4. The quantitative estimate of drug-likeness (QED) is 0.631. The van der Waals surface area contributed by atoms with Crippen LogP contribution in [0.2, 0.25) is 10.0 Å². The van der Waals surface area contributed by atoms with Crippen LogP contribution >= 0.6 is 23.2 Å². The van der Waals surface area contributed by atoms with Gasteiger partial charge in [-0.3, -0.25) is 9.48 Å². The van der Waals surface area contributed by atoms with E-state index in [0.717, 1.165) is 0 Å². The molecule has 7 nitrogen and oxygen atoms in total. The second-order valence-electron chi connectivity index (χ2n) is 6.74. The molecule has 2 heterocycles. The molecule has 1 aromatic heterocycles. The molecule has 0 saturated carbocycles. The zero-order valence-electron chi connectivity index (χ0n) is 15.5. The monoisotopic (exact) mass is 447 g/mol. The van der Waals surface area contributed by atoms with Crippen LogP contribution in [0.4, 0.5) is 14.9 Å². The first-order valence-electron chi connectivity index (χ1n) is 9.00. The molecule has 0 spiro atoms. The predicted molar refractivity (Wildman–Crippen MR) is 112 cm³/mol. The van der Waals surface area contributed by atoms with Crippen LogP contribution in [0.25, 0.3) is 11.3 Å². The molecule has 1 aliphatic rings. The lowest BCUT2D eigenvalue weighted by Gasteiger charge is -2.28. The van der Waals surface area contributed by atoms with E-state index in [1.54, 1.807) is 22.9 Å². The third-order valence-electron chi connectivity index (χ3n) is 4.78. The summed E-state index contributed by atoms with van der Waals surface area (Å²) in [6.07, 6.45) is 0. The van der Waals surface area contributed by atoms with Crippen LogP contribution in [-0.2, 0) is 13.1 Å². The van der Waals surface area contributed by atoms with Gasteiger partial charge in [0, 0.05) is 17.1 Å². The van der Waals surface area contributed by atoms with E-state index in [1.807, 2.05) is 0 Å². The molecule has 0 bridgehead atoms. The van der Waals surface area contributed by atoms with Crippen LogP contribution < -0.4 is 11.1 Å². The number of hydrogen-bond donors (Lipinski definition) is 2. The number of carbonyl (C=O) groups is 2. The van der Waals surface area contributed by atoms with Crippen molar-refractivity contribution in [1.29, 1.82) is 0 Å². The topological polar surface area (TPSA) is 93.2 Å². The van der Waals surface area contributed by atoms with E-state index in [2.05, 4.69) is 10.4 Å². The van der Waals surface area contributed by atoms with Crippen molar-refractivity contribution in [2.75, 3.05) is 11.9 Å². The minimum atomic E-state index is -0.696. The second-order valence-corrected chi connectivity index (χ2v) is 7.59. The Morgan fingerprint density at radius 3 is 2.63 bits per heavy atom. The standard InChI is InChI=1S/C20H16Cl2FN5O2/c21-12-4-5-15(14(22)9-12)25-20(30)27-6-7-28-16(10-27)17(19(24)29)18(26-28)11-2-1-3-13(23)8-11/h1-5,8-9H,6-7,10H2,(H2,24,29)(H,25,30). The number of nitrogens with zero attached hydrogens (tertiary/aromatic N) is 3. The molecule has 3 N–H and O–H groups in total. The molecule has 30 heavy (non-hydrogen) atoms. The number of hydrogen-bond acceptors (Lipinski definition) is 3. The average molecular weight is 448 g/mol. The van der Waals surface area contributed by atoms with E-state index in [9.17, 15) is 14.0 Å². The average Bonchev–Trinajstić information content (AvgIpc) is 3.09. The van der Waals surface area contributed by atoms with Crippen LogP contribution in [0, 0.1) is 5.82 Å². The highest BCUT2D eigenvalue weighted by Crippen LogP contribution is 2.30. The summed E-state index contributed by atoms with van der Waals surface area (Å²) >= 11 is 12.0. The second kappa shape index (κ2) is 7.97. The van der Waals surface area contributed by atoms with E-state index in [4.69, 9.17) is 28.9 Å². The smallest absolute Gasteiger partial charge is 0.322 e. The van der Waals surface area contributed by atoms with Gasteiger partial charge in [0.1, 0.15) is 11.5 Å². The third kappa shape index (κ3) is 3.83. The molecule has 10 heteroatoms. The van der Waals surface area contributed by atoms with Crippen LogP contribution in [0.5, 0.6) is 0 Å². The number of aromatic nitrogens is 2. The minimum absolute atomic E-state index is 0.109. The molecule has 0 radical (unpaired) electrons. The SMILES string of the molecule is NC(=O)c1c(-c2cccc(F)c2)nn2c1CN(C(=O)Nc1ccc(Cl)cc1Cl)CC2. The van der Waals surface area contributed by atoms with Crippen molar-refractivity contribution in [2.24, 2.45) is 5.73 Å². The first-order valence-corrected chi connectivity index (χ1v) is 9.75.